The van der Waals surface area contributed by atoms with Crippen LogP contribution in [-0.4, -0.2) is 27.1 Å². The minimum absolute atomic E-state index is 0.0964. The van der Waals surface area contributed by atoms with Crippen LogP contribution >= 0.6 is 11.6 Å². The zero-order valence-electron chi connectivity index (χ0n) is 15.3. The second kappa shape index (κ2) is 9.36. The summed E-state index contributed by atoms with van der Waals surface area (Å²) in [6.45, 7) is -0.422. The average Bonchev–Trinajstić information content (AvgIpc) is 2.73. The molecule has 0 fully saturated rings. The van der Waals surface area contributed by atoms with Crippen molar-refractivity contribution in [3.63, 3.8) is 0 Å². The molecule has 0 heterocycles. The molecule has 0 saturated carbocycles. The van der Waals surface area contributed by atoms with Crippen LogP contribution in [0.3, 0.4) is 0 Å². The lowest BCUT2D eigenvalue weighted by Gasteiger charge is -2.23. The molecule has 8 heteroatoms. The number of anilines is 1. The van der Waals surface area contributed by atoms with Crippen molar-refractivity contribution in [2.45, 2.75) is 4.90 Å². The minimum Gasteiger partial charge on any atom is -0.271 e. The summed E-state index contributed by atoms with van der Waals surface area (Å²) in [4.78, 5) is 12.5. The molecule has 3 rings (SSSR count). The highest BCUT2D eigenvalue weighted by Gasteiger charge is 2.26. The molecular formula is C21H18ClN3O3S. The van der Waals surface area contributed by atoms with E-state index in [0.29, 0.717) is 16.3 Å². The van der Waals surface area contributed by atoms with Gasteiger partial charge in [-0.1, -0.05) is 60.1 Å². The van der Waals surface area contributed by atoms with Crippen LogP contribution in [0, 0.1) is 0 Å². The van der Waals surface area contributed by atoms with Gasteiger partial charge in [-0.2, -0.15) is 5.10 Å². The van der Waals surface area contributed by atoms with E-state index in [1.54, 1.807) is 72.8 Å². The van der Waals surface area contributed by atoms with Gasteiger partial charge in [0.05, 0.1) is 16.8 Å². The van der Waals surface area contributed by atoms with Crippen LogP contribution in [0.4, 0.5) is 5.69 Å². The fourth-order valence-corrected chi connectivity index (χ4v) is 4.20. The molecule has 0 atom stereocenters. The van der Waals surface area contributed by atoms with Gasteiger partial charge in [0.2, 0.25) is 0 Å². The van der Waals surface area contributed by atoms with Crippen molar-refractivity contribution in [2.24, 2.45) is 5.10 Å². The summed E-state index contributed by atoms with van der Waals surface area (Å²) in [6, 6.07) is 23.3. The number of hydrazone groups is 1. The van der Waals surface area contributed by atoms with Crippen LogP contribution in [0.5, 0.6) is 0 Å². The van der Waals surface area contributed by atoms with E-state index in [0.717, 1.165) is 4.31 Å². The Hall–Kier alpha value is -3.16. The maximum Gasteiger partial charge on any atom is 0.264 e. The first-order valence-electron chi connectivity index (χ1n) is 8.67. The quantitative estimate of drug-likeness (QED) is 0.461. The summed E-state index contributed by atoms with van der Waals surface area (Å²) in [7, 11) is -3.93. The van der Waals surface area contributed by atoms with Gasteiger partial charge in [0.1, 0.15) is 6.54 Å². The number of hydrogen-bond acceptors (Lipinski definition) is 4. The van der Waals surface area contributed by atoms with Crippen molar-refractivity contribution in [1.29, 1.82) is 0 Å². The van der Waals surface area contributed by atoms with E-state index >= 15 is 0 Å². The fraction of sp³-hybridized carbons (Fsp3) is 0.0476. The second-order valence-corrected chi connectivity index (χ2v) is 8.31. The number of rotatable bonds is 7. The van der Waals surface area contributed by atoms with Crippen molar-refractivity contribution in [3.05, 3.63) is 95.5 Å². The first-order chi connectivity index (χ1) is 14.0. The Labute approximate surface area is 174 Å². The maximum atomic E-state index is 13.1. The molecule has 0 aliphatic heterocycles. The SMILES string of the molecule is O=C(CN(c1ccccc1)S(=O)(=O)c1ccccc1)N/N=C/c1cccc(Cl)c1. The Bertz CT molecular complexity index is 1100. The lowest BCUT2D eigenvalue weighted by molar-refractivity contribution is -0.119. The number of hydrogen-bond donors (Lipinski definition) is 1. The first kappa shape index (κ1) is 20.6. The minimum atomic E-state index is -3.93. The van der Waals surface area contributed by atoms with Gasteiger partial charge in [-0.3, -0.25) is 9.10 Å². The first-order valence-corrected chi connectivity index (χ1v) is 10.5. The molecule has 0 radical (unpaired) electrons. The number of amides is 1. The molecule has 1 N–H and O–H groups in total. The van der Waals surface area contributed by atoms with E-state index in [9.17, 15) is 13.2 Å². The normalized spacial score (nSPS) is 11.3. The molecule has 148 valence electrons. The third-order valence-electron chi connectivity index (χ3n) is 3.91. The van der Waals surface area contributed by atoms with Crippen molar-refractivity contribution in [3.8, 4) is 0 Å². The molecule has 0 unspecified atom stereocenters. The lowest BCUT2D eigenvalue weighted by atomic mass is 10.2. The van der Waals surface area contributed by atoms with Gasteiger partial charge in [-0.25, -0.2) is 13.8 Å². The zero-order valence-corrected chi connectivity index (χ0v) is 16.8. The number of carbonyl (C=O) groups is 1. The summed E-state index contributed by atoms with van der Waals surface area (Å²) in [5.41, 5.74) is 3.44. The number of benzene rings is 3. The number of sulfonamides is 1. The van der Waals surface area contributed by atoms with Crippen molar-refractivity contribution in [1.82, 2.24) is 5.43 Å². The van der Waals surface area contributed by atoms with Gasteiger partial charge >= 0.3 is 0 Å². The highest BCUT2D eigenvalue weighted by molar-refractivity contribution is 7.92. The summed E-state index contributed by atoms with van der Waals surface area (Å²) >= 11 is 5.91. The summed E-state index contributed by atoms with van der Waals surface area (Å²) in [5.74, 6) is -0.577. The van der Waals surface area contributed by atoms with E-state index in [1.165, 1.54) is 18.3 Å². The highest BCUT2D eigenvalue weighted by Crippen LogP contribution is 2.23. The Morgan fingerprint density at radius 1 is 0.966 bits per heavy atom. The summed E-state index contributed by atoms with van der Waals surface area (Å²) in [5, 5.41) is 4.43. The maximum absolute atomic E-state index is 13.1. The topological polar surface area (TPSA) is 78.8 Å². The predicted molar refractivity (Wildman–Crippen MR) is 115 cm³/mol. The molecule has 0 aliphatic rings. The molecule has 0 saturated heterocycles. The summed E-state index contributed by atoms with van der Waals surface area (Å²) < 4.78 is 27.2. The number of para-hydroxylation sites is 1. The van der Waals surface area contributed by atoms with Gasteiger partial charge in [-0.15, -0.1) is 0 Å². The molecular weight excluding hydrogens is 410 g/mol. The van der Waals surface area contributed by atoms with Crippen LogP contribution in [0.1, 0.15) is 5.56 Å². The number of carbonyl (C=O) groups excluding carboxylic acids is 1. The van der Waals surface area contributed by atoms with Crippen molar-refractivity contribution in [2.75, 3.05) is 10.8 Å². The van der Waals surface area contributed by atoms with E-state index < -0.39 is 22.5 Å². The monoisotopic (exact) mass is 427 g/mol. The average molecular weight is 428 g/mol. The predicted octanol–water partition coefficient (Wildman–Crippen LogP) is 3.69. The molecule has 1 amide bonds. The van der Waals surface area contributed by atoms with E-state index in [4.69, 9.17) is 11.6 Å². The molecule has 6 nitrogen and oxygen atoms in total. The van der Waals surface area contributed by atoms with Gasteiger partial charge in [-0.05, 0) is 42.0 Å². The highest BCUT2D eigenvalue weighted by atomic mass is 35.5. The van der Waals surface area contributed by atoms with E-state index in [-0.39, 0.29) is 4.90 Å². The molecule has 29 heavy (non-hydrogen) atoms. The van der Waals surface area contributed by atoms with Crippen molar-refractivity contribution < 1.29 is 13.2 Å². The Morgan fingerprint density at radius 3 is 2.28 bits per heavy atom. The van der Waals surface area contributed by atoms with Gasteiger partial charge in [0.15, 0.2) is 0 Å². The van der Waals surface area contributed by atoms with Gasteiger partial charge in [0.25, 0.3) is 15.9 Å². The van der Waals surface area contributed by atoms with Crippen LogP contribution in [0.15, 0.2) is 94.9 Å². The number of halogens is 1. The Morgan fingerprint density at radius 2 is 1.62 bits per heavy atom. The van der Waals surface area contributed by atoms with Gasteiger partial charge < -0.3 is 0 Å². The largest absolute Gasteiger partial charge is 0.271 e. The summed E-state index contributed by atoms with van der Waals surface area (Å²) in [6.07, 6.45) is 1.43. The zero-order chi connectivity index (χ0) is 20.7. The molecule has 0 spiro atoms. The van der Waals surface area contributed by atoms with Gasteiger partial charge in [0, 0.05) is 5.02 Å². The molecule has 3 aromatic rings. The lowest BCUT2D eigenvalue weighted by Crippen LogP contribution is -2.39. The Balaban J connectivity index is 1.79. The molecule has 0 aromatic heterocycles. The van der Waals surface area contributed by atoms with E-state index in [2.05, 4.69) is 10.5 Å². The third-order valence-corrected chi connectivity index (χ3v) is 5.94. The standard InChI is InChI=1S/C21H18ClN3O3S/c22-18-9-7-8-17(14-18)15-23-24-21(26)16-25(19-10-3-1-4-11-19)29(27,28)20-12-5-2-6-13-20/h1-15H,16H2,(H,24,26)/b23-15+. The van der Waals surface area contributed by atoms with Crippen LogP contribution in [0.2, 0.25) is 5.02 Å². The fourth-order valence-electron chi connectivity index (χ4n) is 2.56. The number of nitrogens with one attached hydrogen (secondary N) is 1. The van der Waals surface area contributed by atoms with Crippen LogP contribution < -0.4 is 9.73 Å². The number of nitrogens with zero attached hydrogens (tertiary/aromatic N) is 2. The van der Waals surface area contributed by atoms with Crippen LogP contribution in [-0.2, 0) is 14.8 Å². The molecule has 3 aromatic carbocycles. The van der Waals surface area contributed by atoms with Crippen molar-refractivity contribution >= 4 is 39.4 Å². The van der Waals surface area contributed by atoms with E-state index in [1.807, 2.05) is 0 Å². The third kappa shape index (κ3) is 5.43. The smallest absolute Gasteiger partial charge is 0.264 e. The Kier molecular flexibility index (Phi) is 6.64. The molecule has 0 bridgehead atoms. The molecule has 0 aliphatic carbocycles. The van der Waals surface area contributed by atoms with Crippen LogP contribution in [0.25, 0.3) is 0 Å². The second-order valence-electron chi connectivity index (χ2n) is 6.01.